The SMILES string of the molecule is [NH]C(=O)NNc1ccccc1. The van der Waals surface area contributed by atoms with E-state index in [2.05, 4.69) is 10.9 Å². The van der Waals surface area contributed by atoms with Crippen molar-refractivity contribution in [3.8, 4) is 0 Å². The number of hydrogen-bond donors (Lipinski definition) is 2. The first kappa shape index (κ1) is 7.40. The van der Waals surface area contributed by atoms with Gasteiger partial charge in [0.05, 0.1) is 5.69 Å². The number of para-hydroxylation sites is 1. The number of anilines is 1. The Balaban J connectivity index is 2.45. The van der Waals surface area contributed by atoms with E-state index in [9.17, 15) is 4.79 Å². The molecule has 0 aliphatic heterocycles. The Morgan fingerprint density at radius 2 is 1.91 bits per heavy atom. The van der Waals surface area contributed by atoms with Gasteiger partial charge in [0, 0.05) is 0 Å². The maximum atomic E-state index is 10.1. The standard InChI is InChI=1S/C7H8N3O/c8-7(11)10-9-6-4-2-1-3-5-6/h1-5,8-9H,(H,10,11). The monoisotopic (exact) mass is 150 g/mol. The van der Waals surface area contributed by atoms with Gasteiger partial charge in [-0.25, -0.2) is 10.5 Å². The van der Waals surface area contributed by atoms with Crippen LogP contribution in [0.5, 0.6) is 0 Å². The van der Waals surface area contributed by atoms with E-state index in [1.54, 1.807) is 12.1 Å². The third-order valence-corrected chi connectivity index (χ3v) is 1.09. The highest BCUT2D eigenvalue weighted by molar-refractivity contribution is 5.72. The second-order valence-corrected chi connectivity index (χ2v) is 1.95. The van der Waals surface area contributed by atoms with Crippen LogP contribution < -0.4 is 16.6 Å². The van der Waals surface area contributed by atoms with E-state index in [1.165, 1.54) is 0 Å². The van der Waals surface area contributed by atoms with Crippen LogP contribution in [0.4, 0.5) is 10.5 Å². The lowest BCUT2D eigenvalue weighted by Crippen LogP contribution is -2.28. The van der Waals surface area contributed by atoms with Gasteiger partial charge >= 0.3 is 6.03 Å². The molecule has 0 spiro atoms. The Bertz CT molecular complexity index is 235. The van der Waals surface area contributed by atoms with Gasteiger partial charge in [-0.1, -0.05) is 18.2 Å². The lowest BCUT2D eigenvalue weighted by atomic mass is 10.3. The molecule has 0 saturated heterocycles. The summed E-state index contributed by atoms with van der Waals surface area (Å²) in [5, 5.41) is 0. The van der Waals surface area contributed by atoms with Crippen molar-refractivity contribution in [1.82, 2.24) is 11.2 Å². The number of hydrogen-bond acceptors (Lipinski definition) is 2. The van der Waals surface area contributed by atoms with Crippen molar-refractivity contribution in [2.75, 3.05) is 5.43 Å². The Labute approximate surface area is 64.4 Å². The molecule has 1 aromatic carbocycles. The summed E-state index contributed by atoms with van der Waals surface area (Å²) in [7, 11) is 0. The number of rotatable bonds is 2. The second kappa shape index (κ2) is 3.46. The number of carbonyl (C=O) groups excluding carboxylic acids is 1. The number of hydrazine groups is 1. The van der Waals surface area contributed by atoms with E-state index in [1.807, 2.05) is 18.2 Å². The fraction of sp³-hybridized carbons (Fsp3) is 0. The number of carbonyl (C=O) groups is 1. The van der Waals surface area contributed by atoms with Gasteiger partial charge in [0.2, 0.25) is 0 Å². The highest BCUT2D eigenvalue weighted by Gasteiger charge is 1.90. The first-order valence-corrected chi connectivity index (χ1v) is 3.11. The molecular formula is C7H8N3O. The molecule has 1 radical (unpaired) electrons. The lowest BCUT2D eigenvalue weighted by molar-refractivity contribution is 0.249. The number of nitrogens with one attached hydrogen (secondary N) is 3. The molecule has 0 unspecified atom stereocenters. The number of urea groups is 1. The molecule has 0 heterocycles. The molecular weight excluding hydrogens is 142 g/mol. The topological polar surface area (TPSA) is 64.9 Å². The summed E-state index contributed by atoms with van der Waals surface area (Å²) in [6.07, 6.45) is 0. The molecule has 0 atom stereocenters. The third kappa shape index (κ3) is 2.57. The Kier molecular flexibility index (Phi) is 2.32. The maximum Gasteiger partial charge on any atom is 0.352 e. The molecule has 0 fully saturated rings. The van der Waals surface area contributed by atoms with Crippen LogP contribution in [0.2, 0.25) is 0 Å². The van der Waals surface area contributed by atoms with Gasteiger partial charge in [0.15, 0.2) is 0 Å². The predicted molar refractivity (Wildman–Crippen MR) is 41.7 cm³/mol. The molecule has 1 aromatic rings. The molecule has 2 amide bonds. The van der Waals surface area contributed by atoms with E-state index < -0.39 is 6.03 Å². The predicted octanol–water partition coefficient (Wildman–Crippen LogP) is 1.01. The van der Waals surface area contributed by atoms with Gasteiger partial charge in [-0.05, 0) is 12.1 Å². The average molecular weight is 150 g/mol. The zero-order chi connectivity index (χ0) is 8.10. The van der Waals surface area contributed by atoms with E-state index in [0.717, 1.165) is 5.69 Å². The molecule has 0 bridgehead atoms. The summed E-state index contributed by atoms with van der Waals surface area (Å²) in [6, 6.07) is 8.25. The van der Waals surface area contributed by atoms with Crippen LogP contribution in [0.3, 0.4) is 0 Å². The van der Waals surface area contributed by atoms with Crippen molar-refractivity contribution in [1.29, 1.82) is 0 Å². The number of benzene rings is 1. The second-order valence-electron chi connectivity index (χ2n) is 1.95. The van der Waals surface area contributed by atoms with E-state index in [-0.39, 0.29) is 0 Å². The Morgan fingerprint density at radius 3 is 2.45 bits per heavy atom. The van der Waals surface area contributed by atoms with Crippen LogP contribution in [0.15, 0.2) is 30.3 Å². The molecule has 0 aromatic heterocycles. The first-order valence-electron chi connectivity index (χ1n) is 3.11. The van der Waals surface area contributed by atoms with E-state index >= 15 is 0 Å². The fourth-order valence-electron chi connectivity index (χ4n) is 0.650. The average Bonchev–Trinajstić information content (AvgIpc) is 2.03. The van der Waals surface area contributed by atoms with Crippen LogP contribution >= 0.6 is 0 Å². The Morgan fingerprint density at radius 1 is 1.27 bits per heavy atom. The number of amides is 2. The van der Waals surface area contributed by atoms with Crippen LogP contribution in [0, 0.1) is 0 Å². The van der Waals surface area contributed by atoms with Crippen molar-refractivity contribution in [2.24, 2.45) is 0 Å². The van der Waals surface area contributed by atoms with Crippen molar-refractivity contribution in [3.05, 3.63) is 30.3 Å². The van der Waals surface area contributed by atoms with Gasteiger partial charge in [-0.3, -0.25) is 10.9 Å². The molecule has 3 N–H and O–H groups in total. The minimum Gasteiger partial charge on any atom is -0.297 e. The van der Waals surface area contributed by atoms with Crippen molar-refractivity contribution in [2.45, 2.75) is 0 Å². The molecule has 57 valence electrons. The largest absolute Gasteiger partial charge is 0.352 e. The van der Waals surface area contributed by atoms with Gasteiger partial charge in [-0.2, -0.15) is 0 Å². The third-order valence-electron chi connectivity index (χ3n) is 1.09. The summed E-state index contributed by atoms with van der Waals surface area (Å²) in [6.45, 7) is 0. The van der Waals surface area contributed by atoms with E-state index in [4.69, 9.17) is 5.73 Å². The molecule has 0 aliphatic rings. The minimum atomic E-state index is -0.853. The van der Waals surface area contributed by atoms with Crippen LogP contribution in [0.1, 0.15) is 0 Å². The quantitative estimate of drug-likeness (QED) is 0.618. The smallest absolute Gasteiger partial charge is 0.297 e. The fourth-order valence-corrected chi connectivity index (χ4v) is 0.650. The minimum absolute atomic E-state index is 0.758. The maximum absolute atomic E-state index is 10.1. The van der Waals surface area contributed by atoms with Crippen molar-refractivity contribution >= 4 is 11.7 Å². The van der Waals surface area contributed by atoms with Gasteiger partial charge in [-0.15, -0.1) is 0 Å². The molecule has 4 heteroatoms. The zero-order valence-corrected chi connectivity index (χ0v) is 5.79. The summed E-state index contributed by atoms with van der Waals surface area (Å²) in [4.78, 5) is 10.1. The zero-order valence-electron chi connectivity index (χ0n) is 5.79. The van der Waals surface area contributed by atoms with E-state index in [0.29, 0.717) is 0 Å². The summed E-state index contributed by atoms with van der Waals surface area (Å²) >= 11 is 0. The molecule has 0 aliphatic carbocycles. The van der Waals surface area contributed by atoms with Crippen molar-refractivity contribution < 1.29 is 4.79 Å². The van der Waals surface area contributed by atoms with Crippen LogP contribution in [-0.4, -0.2) is 6.03 Å². The van der Waals surface area contributed by atoms with Gasteiger partial charge in [0.1, 0.15) is 0 Å². The van der Waals surface area contributed by atoms with Crippen molar-refractivity contribution in [3.63, 3.8) is 0 Å². The summed E-state index contributed by atoms with van der Waals surface area (Å²) in [5.74, 6) is 0. The molecule has 1 rings (SSSR count). The first-order chi connectivity index (χ1) is 5.29. The Hall–Kier alpha value is -1.71. The van der Waals surface area contributed by atoms with Crippen LogP contribution in [0.25, 0.3) is 0 Å². The summed E-state index contributed by atoms with van der Waals surface area (Å²) in [5.41, 5.74) is 12.0. The molecule has 0 saturated carbocycles. The normalized spacial score (nSPS) is 8.73. The highest BCUT2D eigenvalue weighted by atomic mass is 16.2. The van der Waals surface area contributed by atoms with Gasteiger partial charge < -0.3 is 0 Å². The summed E-state index contributed by atoms with van der Waals surface area (Å²) < 4.78 is 0. The highest BCUT2D eigenvalue weighted by Crippen LogP contribution is 2.01. The molecule has 11 heavy (non-hydrogen) atoms. The lowest BCUT2D eigenvalue weighted by Gasteiger charge is -2.03. The van der Waals surface area contributed by atoms with Gasteiger partial charge in [0.25, 0.3) is 0 Å². The van der Waals surface area contributed by atoms with Crippen LogP contribution in [-0.2, 0) is 0 Å². The molecule has 4 nitrogen and oxygen atoms in total.